The Bertz CT molecular complexity index is 825. The Morgan fingerprint density at radius 3 is 2.62 bits per heavy atom. The smallest absolute Gasteiger partial charge is 0.341 e. The first-order valence-corrected chi connectivity index (χ1v) is 10.6. The fourth-order valence-corrected chi connectivity index (χ4v) is 5.00. The average molecular weight is 403 g/mol. The van der Waals surface area contributed by atoms with Gasteiger partial charge in [-0.1, -0.05) is 38.8 Å². The number of benzene rings is 1. The molecular formula is C24H34O5. The molecule has 2 unspecified atom stereocenters. The molecule has 5 nitrogen and oxygen atoms in total. The maximum atomic E-state index is 12.7. The van der Waals surface area contributed by atoms with Gasteiger partial charge in [0.05, 0.1) is 12.7 Å². The lowest BCUT2D eigenvalue weighted by atomic mass is 9.57. The van der Waals surface area contributed by atoms with Gasteiger partial charge in [0.2, 0.25) is 0 Å². The number of phenols is 1. The van der Waals surface area contributed by atoms with Crippen LogP contribution >= 0.6 is 0 Å². The molecule has 3 rings (SSSR count). The van der Waals surface area contributed by atoms with Gasteiger partial charge in [0.1, 0.15) is 23.2 Å². The molecule has 4 atom stereocenters. The lowest BCUT2D eigenvalue weighted by Gasteiger charge is -2.49. The van der Waals surface area contributed by atoms with E-state index in [-0.39, 0.29) is 17.1 Å². The highest BCUT2D eigenvalue weighted by Gasteiger charge is 2.59. The number of allylic oxidation sites excluding steroid dienone is 1. The number of aromatic hydroxyl groups is 1. The molecule has 2 aliphatic rings. The number of fused-ring (bicyclic) bond motifs is 3. The van der Waals surface area contributed by atoms with E-state index in [0.717, 1.165) is 36.8 Å². The number of aliphatic hydroxyl groups is 1. The van der Waals surface area contributed by atoms with Gasteiger partial charge in [-0.3, -0.25) is 0 Å². The molecule has 2 N–H and O–H groups in total. The molecule has 1 aromatic carbocycles. The summed E-state index contributed by atoms with van der Waals surface area (Å²) < 4.78 is 11.4. The molecule has 1 aromatic rings. The quantitative estimate of drug-likeness (QED) is 0.403. The van der Waals surface area contributed by atoms with Crippen LogP contribution in [0.5, 0.6) is 11.5 Å². The van der Waals surface area contributed by atoms with Crippen molar-refractivity contribution in [3.05, 3.63) is 34.9 Å². The van der Waals surface area contributed by atoms with Crippen LogP contribution in [-0.4, -0.2) is 35.0 Å². The first-order chi connectivity index (χ1) is 13.6. The number of ether oxygens (including phenoxy) is 2. The Balaban J connectivity index is 2.21. The molecular weight excluding hydrogens is 368 g/mol. The first-order valence-electron chi connectivity index (χ1n) is 10.6. The van der Waals surface area contributed by atoms with Gasteiger partial charge in [0, 0.05) is 11.5 Å². The second kappa shape index (κ2) is 7.67. The number of aryl methyl sites for hydroxylation is 1. The van der Waals surface area contributed by atoms with Crippen molar-refractivity contribution in [2.24, 2.45) is 5.41 Å². The monoisotopic (exact) mass is 402 g/mol. The predicted molar refractivity (Wildman–Crippen MR) is 113 cm³/mol. The normalized spacial score (nSPS) is 30.3. The van der Waals surface area contributed by atoms with E-state index in [1.807, 2.05) is 6.92 Å². The number of unbranched alkanes of at least 4 members (excludes halogenated alkanes) is 2. The number of hydrogen-bond acceptors (Lipinski definition) is 5. The van der Waals surface area contributed by atoms with Gasteiger partial charge >= 0.3 is 5.97 Å². The van der Waals surface area contributed by atoms with Crippen LogP contribution in [0.15, 0.2) is 18.2 Å². The van der Waals surface area contributed by atoms with Gasteiger partial charge in [0.25, 0.3) is 0 Å². The van der Waals surface area contributed by atoms with E-state index in [1.54, 1.807) is 13.0 Å². The number of phenolic OH excluding ortho intramolecular Hbond substituents is 1. The molecule has 1 aliphatic carbocycles. The summed E-state index contributed by atoms with van der Waals surface area (Å²) >= 11 is 0. The molecule has 0 amide bonds. The minimum absolute atomic E-state index is 0.122. The van der Waals surface area contributed by atoms with Crippen molar-refractivity contribution in [3.8, 4) is 11.5 Å². The maximum absolute atomic E-state index is 12.7. The summed E-state index contributed by atoms with van der Waals surface area (Å²) in [6.07, 6.45) is 4.39. The van der Waals surface area contributed by atoms with Gasteiger partial charge in [-0.05, 0) is 56.6 Å². The van der Waals surface area contributed by atoms with E-state index in [2.05, 4.69) is 20.4 Å². The van der Waals surface area contributed by atoms with Gasteiger partial charge in [-0.25, -0.2) is 4.79 Å². The largest absolute Gasteiger partial charge is 0.508 e. The fraction of sp³-hybridized carbons (Fsp3) is 0.625. The lowest BCUT2D eigenvalue weighted by molar-refractivity contribution is -0.0991. The molecule has 160 valence electrons. The highest BCUT2D eigenvalue weighted by Crippen LogP contribution is 2.62. The van der Waals surface area contributed by atoms with Crippen molar-refractivity contribution < 1.29 is 24.5 Å². The minimum Gasteiger partial charge on any atom is -0.508 e. The number of methoxy groups -OCH3 is 1. The third kappa shape index (κ3) is 3.43. The third-order valence-corrected chi connectivity index (χ3v) is 7.10. The van der Waals surface area contributed by atoms with E-state index in [1.165, 1.54) is 7.11 Å². The predicted octanol–water partition coefficient (Wildman–Crippen LogP) is 4.88. The molecule has 0 bridgehead atoms. The van der Waals surface area contributed by atoms with Gasteiger partial charge in [-0.15, -0.1) is 0 Å². The van der Waals surface area contributed by atoms with Gasteiger partial charge in [0.15, 0.2) is 0 Å². The second-order valence-electron chi connectivity index (χ2n) is 9.19. The maximum Gasteiger partial charge on any atom is 0.341 e. The Hall–Kier alpha value is -2.01. The van der Waals surface area contributed by atoms with E-state index in [9.17, 15) is 15.0 Å². The van der Waals surface area contributed by atoms with E-state index >= 15 is 0 Å². The Morgan fingerprint density at radius 2 is 2.03 bits per heavy atom. The van der Waals surface area contributed by atoms with E-state index < -0.39 is 17.7 Å². The highest BCUT2D eigenvalue weighted by atomic mass is 16.5. The van der Waals surface area contributed by atoms with Crippen molar-refractivity contribution in [3.63, 3.8) is 0 Å². The zero-order chi connectivity index (χ0) is 21.6. The summed E-state index contributed by atoms with van der Waals surface area (Å²) in [5.74, 6) is -0.264. The van der Waals surface area contributed by atoms with Crippen LogP contribution in [-0.2, 0) is 11.2 Å². The molecule has 0 spiro atoms. The summed E-state index contributed by atoms with van der Waals surface area (Å²) in [6.45, 7) is 12.2. The molecule has 0 radical (unpaired) electrons. The topological polar surface area (TPSA) is 76.0 Å². The van der Waals surface area contributed by atoms with Crippen molar-refractivity contribution in [2.45, 2.75) is 83.8 Å². The summed E-state index contributed by atoms with van der Waals surface area (Å²) in [6, 6.07) is 1.69. The van der Waals surface area contributed by atoms with Crippen molar-refractivity contribution in [1.29, 1.82) is 0 Å². The van der Waals surface area contributed by atoms with Crippen molar-refractivity contribution in [2.75, 3.05) is 7.11 Å². The standard InChI is InChI=1S/C24H34O5/c1-7-8-9-10-15-13-16(25)18-19-21(29-20(18)17(15)22(26)28-6)24(5,27)12-11-23(19,4)14(2)3/h13,19,21,25,27H,2,7-12H2,1,3-6H3/t19?,21?,23-,24-/m0/s1. The Labute approximate surface area is 173 Å². The molecule has 1 saturated carbocycles. The zero-order valence-corrected chi connectivity index (χ0v) is 18.3. The van der Waals surface area contributed by atoms with Crippen LogP contribution in [0.2, 0.25) is 0 Å². The third-order valence-electron chi connectivity index (χ3n) is 7.10. The molecule has 5 heteroatoms. The van der Waals surface area contributed by atoms with Crippen LogP contribution in [0.25, 0.3) is 0 Å². The second-order valence-corrected chi connectivity index (χ2v) is 9.19. The van der Waals surface area contributed by atoms with Crippen LogP contribution in [0, 0.1) is 5.41 Å². The van der Waals surface area contributed by atoms with Crippen LogP contribution in [0.1, 0.15) is 87.2 Å². The van der Waals surface area contributed by atoms with Gasteiger partial charge in [-0.2, -0.15) is 0 Å². The SMILES string of the molecule is C=C(C)[C@]1(C)CC[C@](C)(O)C2Oc3c(C(=O)OC)c(CCCCC)cc(O)c3C21. The Morgan fingerprint density at radius 1 is 1.34 bits per heavy atom. The summed E-state index contributed by atoms with van der Waals surface area (Å²) in [4.78, 5) is 12.7. The minimum atomic E-state index is -1.07. The number of hydrogen-bond donors (Lipinski definition) is 2. The summed E-state index contributed by atoms with van der Waals surface area (Å²) in [7, 11) is 1.35. The fourth-order valence-electron chi connectivity index (χ4n) is 5.00. The van der Waals surface area contributed by atoms with Gasteiger partial charge < -0.3 is 19.7 Å². The van der Waals surface area contributed by atoms with Crippen LogP contribution < -0.4 is 4.74 Å². The molecule has 1 aliphatic heterocycles. The first kappa shape index (κ1) is 21.7. The lowest BCUT2D eigenvalue weighted by Crippen LogP contribution is -2.53. The number of carbonyl (C=O) groups excluding carboxylic acids is 1. The van der Waals surface area contributed by atoms with Crippen molar-refractivity contribution in [1.82, 2.24) is 0 Å². The number of rotatable bonds is 6. The molecule has 0 aromatic heterocycles. The van der Waals surface area contributed by atoms with E-state index in [4.69, 9.17) is 9.47 Å². The number of carbonyl (C=O) groups is 1. The highest BCUT2D eigenvalue weighted by molar-refractivity contribution is 5.96. The number of esters is 1. The van der Waals surface area contributed by atoms with E-state index in [0.29, 0.717) is 29.7 Å². The zero-order valence-electron chi connectivity index (χ0n) is 18.3. The molecule has 29 heavy (non-hydrogen) atoms. The van der Waals surface area contributed by atoms with Crippen LogP contribution in [0.3, 0.4) is 0 Å². The van der Waals surface area contributed by atoms with Crippen molar-refractivity contribution >= 4 is 5.97 Å². The molecule has 0 saturated heterocycles. The Kier molecular flexibility index (Phi) is 5.74. The molecule has 1 fully saturated rings. The molecule has 1 heterocycles. The summed E-state index contributed by atoms with van der Waals surface area (Å²) in [5.41, 5.74) is 1.27. The summed E-state index contributed by atoms with van der Waals surface area (Å²) in [5, 5.41) is 22.1. The van der Waals surface area contributed by atoms with Crippen LogP contribution in [0.4, 0.5) is 0 Å². The average Bonchev–Trinajstić information content (AvgIpc) is 3.08.